The van der Waals surface area contributed by atoms with Crippen LogP contribution in [-0.4, -0.2) is 17.5 Å². The highest BCUT2D eigenvalue weighted by atomic mass is 16.7. The summed E-state index contributed by atoms with van der Waals surface area (Å²) in [7, 11) is 0. The molecular formula is C27H44O2. The second-order valence-electron chi connectivity index (χ2n) is 13.3. The van der Waals surface area contributed by atoms with E-state index in [1.165, 1.54) is 57.8 Å². The molecule has 0 unspecified atom stereocenters. The van der Waals surface area contributed by atoms with Crippen molar-refractivity contribution in [3.8, 4) is 0 Å². The Hall–Kier alpha value is -0.0800. The molecule has 0 amide bonds. The Balaban J connectivity index is 1.29. The highest BCUT2D eigenvalue weighted by Crippen LogP contribution is 2.71. The fraction of sp³-hybridized carbons (Fsp3) is 1.00. The minimum Gasteiger partial charge on any atom is -0.346 e. The Morgan fingerprint density at radius 1 is 0.759 bits per heavy atom. The fourth-order valence-corrected chi connectivity index (χ4v) is 10.4. The van der Waals surface area contributed by atoms with Crippen LogP contribution in [0.4, 0.5) is 0 Å². The minimum atomic E-state index is -0.281. The lowest BCUT2D eigenvalue weighted by Gasteiger charge is -2.60. The van der Waals surface area contributed by atoms with Gasteiger partial charge in [-0.05, 0) is 106 Å². The Labute approximate surface area is 178 Å². The van der Waals surface area contributed by atoms with Crippen LogP contribution in [0.1, 0.15) is 105 Å². The van der Waals surface area contributed by atoms with E-state index in [2.05, 4.69) is 34.6 Å². The summed E-state index contributed by atoms with van der Waals surface area (Å²) in [6.07, 6.45) is 16.0. The quantitative estimate of drug-likeness (QED) is 0.437. The molecule has 2 heteroatoms. The van der Waals surface area contributed by atoms with Crippen LogP contribution in [0.2, 0.25) is 0 Å². The van der Waals surface area contributed by atoms with Crippen molar-refractivity contribution in [1.82, 2.24) is 0 Å². The summed E-state index contributed by atoms with van der Waals surface area (Å²) in [6.45, 7) is 12.4. The van der Waals surface area contributed by atoms with E-state index >= 15 is 0 Å². The van der Waals surface area contributed by atoms with Gasteiger partial charge in [0.05, 0.1) is 11.7 Å². The predicted octanol–water partition coefficient (Wildman–Crippen LogP) is 6.97. The first-order valence-electron chi connectivity index (χ1n) is 13.1. The van der Waals surface area contributed by atoms with Crippen molar-refractivity contribution in [3.05, 3.63) is 0 Å². The molecule has 0 bridgehead atoms. The first kappa shape index (κ1) is 19.6. The summed E-state index contributed by atoms with van der Waals surface area (Å²) < 4.78 is 13.6. The number of fused-ring (bicyclic) bond motifs is 7. The molecule has 6 fully saturated rings. The standard InChI is InChI=1S/C27H44O2/c1-17-23-22(28-27(17)15-14-24(2,3)29-27)16-21-19-10-9-18-8-6-7-12-25(18,4)20(19)11-13-26(21,23)5/h17-23H,6-16H2,1-5H3/t17-,18+,19+,20-,21-,22-,23-,25-,26-,27-/m0/s1. The molecule has 2 nitrogen and oxygen atoms in total. The van der Waals surface area contributed by atoms with Gasteiger partial charge in [-0.25, -0.2) is 0 Å². The molecule has 0 aromatic carbocycles. The van der Waals surface area contributed by atoms with Crippen molar-refractivity contribution in [1.29, 1.82) is 0 Å². The number of hydrogen-bond acceptors (Lipinski definition) is 2. The molecule has 164 valence electrons. The molecule has 10 atom stereocenters. The Morgan fingerprint density at radius 3 is 2.34 bits per heavy atom. The zero-order chi connectivity index (χ0) is 20.2. The van der Waals surface area contributed by atoms with Crippen LogP contribution in [0.15, 0.2) is 0 Å². The summed E-state index contributed by atoms with van der Waals surface area (Å²) in [6, 6.07) is 0. The van der Waals surface area contributed by atoms with Gasteiger partial charge < -0.3 is 9.47 Å². The van der Waals surface area contributed by atoms with Crippen molar-refractivity contribution in [2.45, 2.75) is 123 Å². The van der Waals surface area contributed by atoms with Gasteiger partial charge in [0.1, 0.15) is 0 Å². The van der Waals surface area contributed by atoms with Crippen LogP contribution in [0.3, 0.4) is 0 Å². The van der Waals surface area contributed by atoms with Crippen LogP contribution in [0, 0.1) is 46.3 Å². The highest BCUT2D eigenvalue weighted by Gasteiger charge is 2.70. The molecule has 2 heterocycles. The molecule has 0 N–H and O–H groups in total. The SMILES string of the molecule is C[C@H]1[C@H]2[C@H](C[C@H]3[C@@H]4CC[C@H]5CCCC[C@]5(C)[C@H]4CC[C@]23C)O[C@]12CCC(C)(C)O2. The van der Waals surface area contributed by atoms with Crippen LogP contribution < -0.4 is 0 Å². The second kappa shape index (κ2) is 6.03. The van der Waals surface area contributed by atoms with Crippen LogP contribution >= 0.6 is 0 Å². The molecule has 2 aliphatic heterocycles. The normalized spacial score (nSPS) is 60.5. The van der Waals surface area contributed by atoms with Crippen molar-refractivity contribution in [2.75, 3.05) is 0 Å². The van der Waals surface area contributed by atoms with Gasteiger partial charge in [0.2, 0.25) is 0 Å². The molecule has 4 aliphatic carbocycles. The Bertz CT molecular complexity index is 686. The topological polar surface area (TPSA) is 18.5 Å². The summed E-state index contributed by atoms with van der Waals surface area (Å²) in [4.78, 5) is 0. The first-order chi connectivity index (χ1) is 13.7. The lowest BCUT2D eigenvalue weighted by atomic mass is 9.44. The number of rotatable bonds is 0. The van der Waals surface area contributed by atoms with Gasteiger partial charge in [-0.1, -0.05) is 33.6 Å². The van der Waals surface area contributed by atoms with E-state index in [-0.39, 0.29) is 11.4 Å². The van der Waals surface area contributed by atoms with E-state index in [0.29, 0.717) is 28.8 Å². The average Bonchev–Trinajstić information content (AvgIpc) is 3.23. The molecule has 6 aliphatic rings. The summed E-state index contributed by atoms with van der Waals surface area (Å²) >= 11 is 0. The Kier molecular flexibility index (Phi) is 4.08. The largest absolute Gasteiger partial charge is 0.346 e. The third-order valence-electron chi connectivity index (χ3n) is 11.8. The van der Waals surface area contributed by atoms with Crippen molar-refractivity contribution in [3.63, 3.8) is 0 Å². The number of ether oxygens (including phenoxy) is 2. The molecule has 6 rings (SSSR count). The molecule has 29 heavy (non-hydrogen) atoms. The maximum absolute atomic E-state index is 6.93. The van der Waals surface area contributed by atoms with Gasteiger partial charge in [-0.3, -0.25) is 0 Å². The van der Waals surface area contributed by atoms with Crippen molar-refractivity contribution < 1.29 is 9.47 Å². The molecule has 0 aromatic heterocycles. The van der Waals surface area contributed by atoms with Crippen LogP contribution in [-0.2, 0) is 9.47 Å². The summed E-state index contributed by atoms with van der Waals surface area (Å²) in [5, 5.41) is 0. The van der Waals surface area contributed by atoms with E-state index in [1.54, 1.807) is 0 Å². The third kappa shape index (κ3) is 2.48. The van der Waals surface area contributed by atoms with E-state index in [0.717, 1.165) is 36.5 Å². The van der Waals surface area contributed by atoms with Gasteiger partial charge in [0.25, 0.3) is 0 Å². The zero-order valence-corrected chi connectivity index (χ0v) is 19.6. The van der Waals surface area contributed by atoms with Gasteiger partial charge in [0, 0.05) is 12.3 Å². The highest BCUT2D eigenvalue weighted by molar-refractivity contribution is 5.15. The lowest BCUT2D eigenvalue weighted by Crippen LogP contribution is -2.53. The predicted molar refractivity (Wildman–Crippen MR) is 116 cm³/mol. The van der Waals surface area contributed by atoms with E-state index in [1.807, 2.05) is 0 Å². The van der Waals surface area contributed by atoms with Gasteiger partial charge in [0.15, 0.2) is 5.79 Å². The van der Waals surface area contributed by atoms with Gasteiger partial charge >= 0.3 is 0 Å². The van der Waals surface area contributed by atoms with Gasteiger partial charge in [-0.15, -0.1) is 0 Å². The lowest BCUT2D eigenvalue weighted by molar-refractivity contribution is -0.254. The summed E-state index contributed by atoms with van der Waals surface area (Å²) in [5.74, 6) is 4.84. The second-order valence-corrected chi connectivity index (χ2v) is 13.3. The third-order valence-corrected chi connectivity index (χ3v) is 11.8. The monoisotopic (exact) mass is 400 g/mol. The maximum Gasteiger partial charge on any atom is 0.172 e. The van der Waals surface area contributed by atoms with Crippen molar-refractivity contribution >= 4 is 0 Å². The van der Waals surface area contributed by atoms with E-state index in [4.69, 9.17) is 9.47 Å². The van der Waals surface area contributed by atoms with E-state index in [9.17, 15) is 0 Å². The Morgan fingerprint density at radius 2 is 1.59 bits per heavy atom. The maximum atomic E-state index is 6.93. The van der Waals surface area contributed by atoms with Crippen LogP contribution in [0.5, 0.6) is 0 Å². The van der Waals surface area contributed by atoms with Crippen LogP contribution in [0.25, 0.3) is 0 Å². The first-order valence-corrected chi connectivity index (χ1v) is 13.1. The average molecular weight is 401 g/mol. The molecule has 1 spiro atoms. The van der Waals surface area contributed by atoms with Gasteiger partial charge in [-0.2, -0.15) is 0 Å². The van der Waals surface area contributed by atoms with Crippen molar-refractivity contribution in [2.24, 2.45) is 46.3 Å². The molecule has 4 saturated carbocycles. The summed E-state index contributed by atoms with van der Waals surface area (Å²) in [5.41, 5.74) is 1.11. The molecule has 2 saturated heterocycles. The minimum absolute atomic E-state index is 0.0151. The molecular weight excluding hydrogens is 356 g/mol. The zero-order valence-electron chi connectivity index (χ0n) is 19.6. The smallest absolute Gasteiger partial charge is 0.172 e. The molecule has 0 radical (unpaired) electrons. The van der Waals surface area contributed by atoms with E-state index < -0.39 is 0 Å². The number of hydrogen-bond donors (Lipinski definition) is 0. The molecule has 0 aromatic rings. The fourth-order valence-electron chi connectivity index (χ4n) is 10.4.